The van der Waals surface area contributed by atoms with Crippen LogP contribution in [-0.2, 0) is 10.0 Å². The van der Waals surface area contributed by atoms with Crippen LogP contribution in [0.2, 0.25) is 0 Å². The van der Waals surface area contributed by atoms with E-state index in [0.29, 0.717) is 5.56 Å². The number of aliphatic hydroxyl groups excluding tert-OH is 1. The van der Waals surface area contributed by atoms with Gasteiger partial charge in [0.1, 0.15) is 5.84 Å². The minimum Gasteiger partial charge on any atom is -0.386 e. The summed E-state index contributed by atoms with van der Waals surface area (Å²) in [5, 5.41) is 10.1. The molecule has 0 spiro atoms. The minimum absolute atomic E-state index is 0.0935. The second kappa shape index (κ2) is 5.31. The molecular weight excluding hydrogens is 288 g/mol. The number of sulfonamides is 1. The molecule has 108 valence electrons. The van der Waals surface area contributed by atoms with E-state index in [9.17, 15) is 13.5 Å². The number of hydrogen-bond acceptors (Lipinski definition) is 4. The van der Waals surface area contributed by atoms with Crippen LogP contribution in [-0.4, -0.2) is 25.9 Å². The molecule has 21 heavy (non-hydrogen) atoms. The highest BCUT2D eigenvalue weighted by Crippen LogP contribution is 2.22. The lowest BCUT2D eigenvalue weighted by molar-refractivity contribution is 0.187. The number of aliphatic hydroxyl groups is 1. The van der Waals surface area contributed by atoms with Crippen LogP contribution in [0.4, 0.5) is 0 Å². The summed E-state index contributed by atoms with van der Waals surface area (Å²) in [4.78, 5) is 4.43. The molecule has 1 heterocycles. The Balaban J connectivity index is 1.86. The fourth-order valence-corrected chi connectivity index (χ4v) is 3.46. The maximum absolute atomic E-state index is 11.9. The van der Waals surface area contributed by atoms with Gasteiger partial charge in [-0.2, -0.15) is 0 Å². The summed E-state index contributed by atoms with van der Waals surface area (Å²) >= 11 is 0. The zero-order chi connectivity index (χ0) is 14.9. The van der Waals surface area contributed by atoms with Crippen LogP contribution in [0.15, 0.2) is 64.5 Å². The van der Waals surface area contributed by atoms with E-state index in [4.69, 9.17) is 0 Å². The first-order valence-corrected chi connectivity index (χ1v) is 7.96. The Kier molecular flexibility index (Phi) is 3.48. The van der Waals surface area contributed by atoms with Gasteiger partial charge in [-0.3, -0.25) is 9.71 Å². The van der Waals surface area contributed by atoms with Crippen LogP contribution in [0, 0.1) is 0 Å². The first-order chi connectivity index (χ1) is 10.1. The number of nitrogens with zero attached hydrogens (tertiary/aromatic N) is 1. The van der Waals surface area contributed by atoms with Crippen LogP contribution >= 0.6 is 0 Å². The van der Waals surface area contributed by atoms with Crippen molar-refractivity contribution in [1.82, 2.24) is 4.72 Å². The molecule has 3 rings (SSSR count). The highest BCUT2D eigenvalue weighted by atomic mass is 32.2. The highest BCUT2D eigenvalue weighted by molar-refractivity contribution is 7.90. The van der Waals surface area contributed by atoms with E-state index in [1.54, 1.807) is 30.3 Å². The first-order valence-electron chi connectivity index (χ1n) is 6.47. The Morgan fingerprint density at radius 3 is 2.48 bits per heavy atom. The number of hydrogen-bond donors (Lipinski definition) is 2. The second-order valence-electron chi connectivity index (χ2n) is 4.72. The summed E-state index contributed by atoms with van der Waals surface area (Å²) in [6.45, 7) is 0.0935. The number of aliphatic imine (C=N–C) groups is 1. The molecule has 1 aliphatic heterocycles. The van der Waals surface area contributed by atoms with Crippen LogP contribution < -0.4 is 4.72 Å². The molecule has 2 aromatic rings. The van der Waals surface area contributed by atoms with Crippen molar-refractivity contribution in [2.24, 2.45) is 4.99 Å². The van der Waals surface area contributed by atoms with E-state index in [0.717, 1.165) is 5.56 Å². The molecule has 6 heteroatoms. The summed E-state index contributed by atoms with van der Waals surface area (Å²) in [5.74, 6) is 0.278. The first kappa shape index (κ1) is 13.8. The van der Waals surface area contributed by atoms with Crippen molar-refractivity contribution >= 4 is 15.9 Å². The van der Waals surface area contributed by atoms with Gasteiger partial charge in [-0.1, -0.05) is 42.5 Å². The SMILES string of the molecule is O=S1(=O)NC(=NCC(O)c2ccccc2)c2ccccc21. The summed E-state index contributed by atoms with van der Waals surface area (Å²) in [6.07, 6.45) is -0.768. The van der Waals surface area contributed by atoms with Crippen molar-refractivity contribution in [3.63, 3.8) is 0 Å². The van der Waals surface area contributed by atoms with E-state index in [-0.39, 0.29) is 17.3 Å². The molecule has 0 amide bonds. The van der Waals surface area contributed by atoms with Crippen LogP contribution in [0.1, 0.15) is 17.2 Å². The average Bonchev–Trinajstić information content (AvgIpc) is 2.77. The summed E-state index contributed by atoms with van der Waals surface area (Å²) in [6, 6.07) is 15.8. The number of rotatable bonds is 3. The monoisotopic (exact) mass is 302 g/mol. The van der Waals surface area contributed by atoms with Gasteiger partial charge in [-0.25, -0.2) is 8.42 Å². The van der Waals surface area contributed by atoms with E-state index >= 15 is 0 Å². The predicted molar refractivity (Wildman–Crippen MR) is 79.6 cm³/mol. The van der Waals surface area contributed by atoms with Gasteiger partial charge in [-0.15, -0.1) is 0 Å². The summed E-state index contributed by atoms with van der Waals surface area (Å²) < 4.78 is 26.3. The van der Waals surface area contributed by atoms with Gasteiger partial charge < -0.3 is 5.11 Å². The molecule has 2 N–H and O–H groups in total. The lowest BCUT2D eigenvalue weighted by Gasteiger charge is -2.08. The van der Waals surface area contributed by atoms with Crippen molar-refractivity contribution in [3.8, 4) is 0 Å². The summed E-state index contributed by atoms with van der Waals surface area (Å²) in [5.41, 5.74) is 1.29. The van der Waals surface area contributed by atoms with Gasteiger partial charge in [0.2, 0.25) is 0 Å². The highest BCUT2D eigenvalue weighted by Gasteiger charge is 2.30. The topological polar surface area (TPSA) is 78.8 Å². The molecule has 0 aliphatic carbocycles. The Hall–Kier alpha value is -2.18. The van der Waals surface area contributed by atoms with Gasteiger partial charge in [-0.05, 0) is 17.7 Å². The van der Waals surface area contributed by atoms with Gasteiger partial charge in [0.15, 0.2) is 0 Å². The van der Waals surface area contributed by atoms with Crippen molar-refractivity contribution in [1.29, 1.82) is 0 Å². The zero-order valence-corrected chi connectivity index (χ0v) is 11.9. The number of nitrogens with one attached hydrogen (secondary N) is 1. The van der Waals surface area contributed by atoms with Crippen LogP contribution in [0.3, 0.4) is 0 Å². The van der Waals surface area contributed by atoms with E-state index in [2.05, 4.69) is 9.71 Å². The van der Waals surface area contributed by atoms with E-state index in [1.165, 1.54) is 6.07 Å². The van der Waals surface area contributed by atoms with E-state index < -0.39 is 16.1 Å². The molecule has 0 fully saturated rings. The van der Waals surface area contributed by atoms with Crippen LogP contribution in [0.5, 0.6) is 0 Å². The molecule has 1 atom stereocenters. The molecule has 0 radical (unpaired) electrons. The Labute approximate surface area is 123 Å². The molecule has 0 bridgehead atoms. The standard InChI is InChI=1S/C15H14N2O3S/c18-13(11-6-2-1-3-7-11)10-16-15-12-8-4-5-9-14(12)21(19,20)17-15/h1-9,13,18H,10H2,(H,16,17). The van der Waals surface area contributed by atoms with Crippen molar-refractivity contribution in [2.45, 2.75) is 11.0 Å². The molecule has 1 aliphatic rings. The lowest BCUT2D eigenvalue weighted by Crippen LogP contribution is -2.23. The third kappa shape index (κ3) is 2.68. The van der Waals surface area contributed by atoms with Crippen molar-refractivity contribution in [3.05, 3.63) is 65.7 Å². The zero-order valence-electron chi connectivity index (χ0n) is 11.1. The fraction of sp³-hybridized carbons (Fsp3) is 0.133. The third-order valence-corrected chi connectivity index (χ3v) is 4.67. The molecule has 0 saturated heterocycles. The predicted octanol–water partition coefficient (Wildman–Crippen LogP) is 1.46. The summed E-state index contributed by atoms with van der Waals surface area (Å²) in [7, 11) is -3.53. The molecule has 0 saturated carbocycles. The second-order valence-corrected chi connectivity index (χ2v) is 6.37. The molecule has 1 unspecified atom stereocenters. The lowest BCUT2D eigenvalue weighted by atomic mass is 10.1. The normalized spacial score (nSPS) is 19.0. The largest absolute Gasteiger partial charge is 0.386 e. The Morgan fingerprint density at radius 1 is 1.05 bits per heavy atom. The quantitative estimate of drug-likeness (QED) is 0.901. The van der Waals surface area contributed by atoms with Crippen molar-refractivity contribution in [2.75, 3.05) is 6.54 Å². The molecule has 5 nitrogen and oxygen atoms in total. The fourth-order valence-electron chi connectivity index (χ4n) is 2.21. The van der Waals surface area contributed by atoms with Gasteiger partial charge in [0.25, 0.3) is 10.0 Å². The molecule has 0 aromatic heterocycles. The number of amidine groups is 1. The maximum atomic E-state index is 11.9. The van der Waals surface area contributed by atoms with Gasteiger partial charge >= 0.3 is 0 Å². The Morgan fingerprint density at radius 2 is 1.71 bits per heavy atom. The maximum Gasteiger partial charge on any atom is 0.263 e. The third-order valence-electron chi connectivity index (χ3n) is 3.27. The van der Waals surface area contributed by atoms with E-state index in [1.807, 2.05) is 18.2 Å². The Bertz CT molecular complexity index is 786. The van der Waals surface area contributed by atoms with Crippen LogP contribution in [0.25, 0.3) is 0 Å². The molecular formula is C15H14N2O3S. The smallest absolute Gasteiger partial charge is 0.263 e. The van der Waals surface area contributed by atoms with Crippen molar-refractivity contribution < 1.29 is 13.5 Å². The van der Waals surface area contributed by atoms with Gasteiger partial charge in [0, 0.05) is 5.56 Å². The number of benzene rings is 2. The number of fused-ring (bicyclic) bond motifs is 1. The average molecular weight is 302 g/mol. The minimum atomic E-state index is -3.53. The van der Waals surface area contributed by atoms with Gasteiger partial charge in [0.05, 0.1) is 17.5 Å². The molecule has 2 aromatic carbocycles.